The first-order valence-corrected chi connectivity index (χ1v) is 10.6. The Balaban J connectivity index is 2.05. The van der Waals surface area contributed by atoms with E-state index < -0.39 is 22.0 Å². The molecule has 0 saturated carbocycles. The van der Waals surface area contributed by atoms with Gasteiger partial charge in [0.2, 0.25) is 0 Å². The zero-order valence-corrected chi connectivity index (χ0v) is 14.7. The second-order valence-electron chi connectivity index (χ2n) is 5.45. The summed E-state index contributed by atoms with van der Waals surface area (Å²) in [5.74, 6) is 0. The molecule has 0 heterocycles. The van der Waals surface area contributed by atoms with E-state index in [2.05, 4.69) is 24.3 Å². The Morgan fingerprint density at radius 1 is 0.625 bits per heavy atom. The highest BCUT2D eigenvalue weighted by molar-refractivity contribution is 7.79. The predicted molar refractivity (Wildman–Crippen MR) is 95.8 cm³/mol. The first-order valence-electron chi connectivity index (χ1n) is 7.53. The Hall–Kier alpha value is -1.60. The van der Waals surface area contributed by atoms with Gasteiger partial charge in [-0.05, 0) is 35.5 Å². The second kappa shape index (κ2) is 7.53. The zero-order chi connectivity index (χ0) is 17.0. The van der Waals surface area contributed by atoms with Crippen LogP contribution in [-0.4, -0.2) is 0 Å². The van der Waals surface area contributed by atoms with Crippen LogP contribution in [0.5, 0.6) is 0 Å². The van der Waals surface area contributed by atoms with Crippen LogP contribution in [0.4, 0.5) is 0 Å². The van der Waals surface area contributed by atoms with Crippen molar-refractivity contribution >= 4 is 31.8 Å². The molecule has 0 atom stereocenters. The lowest BCUT2D eigenvalue weighted by Gasteiger charge is -2.42. The van der Waals surface area contributed by atoms with Crippen molar-refractivity contribution in [3.8, 4) is 0 Å². The van der Waals surface area contributed by atoms with Gasteiger partial charge in [-0.15, -0.1) is 0 Å². The van der Waals surface area contributed by atoms with Crippen LogP contribution in [0.2, 0.25) is 0 Å². The molecule has 0 N–H and O–H groups in total. The van der Waals surface area contributed by atoms with E-state index in [9.17, 15) is 14.7 Å². The SMILES string of the molecule is [O-][P+]([O-])([O-])Cc1cccc(P(c2ccccc2)c2ccccc2)c1. The predicted octanol–water partition coefficient (Wildman–Crippen LogP) is 0.788. The first kappa shape index (κ1) is 17.2. The van der Waals surface area contributed by atoms with E-state index in [0.29, 0.717) is 5.56 Å². The van der Waals surface area contributed by atoms with Gasteiger partial charge in [-0.3, -0.25) is 0 Å². The van der Waals surface area contributed by atoms with Crippen LogP contribution >= 0.6 is 15.9 Å². The summed E-state index contributed by atoms with van der Waals surface area (Å²) in [6, 6.07) is 27.6. The van der Waals surface area contributed by atoms with Crippen LogP contribution < -0.4 is 30.6 Å². The van der Waals surface area contributed by atoms with E-state index in [1.165, 1.54) is 10.6 Å². The highest BCUT2D eigenvalue weighted by atomic mass is 31.2. The van der Waals surface area contributed by atoms with Crippen molar-refractivity contribution < 1.29 is 14.7 Å². The molecule has 0 spiro atoms. The molecular formula is C19H16O3P2-2. The molecule has 5 heteroatoms. The minimum atomic E-state index is -4.57. The molecule has 3 rings (SSSR count). The van der Waals surface area contributed by atoms with E-state index in [0.717, 1.165) is 5.30 Å². The van der Waals surface area contributed by atoms with Gasteiger partial charge in [-0.25, -0.2) is 0 Å². The quantitative estimate of drug-likeness (QED) is 0.636. The highest BCUT2D eigenvalue weighted by Crippen LogP contribution is 2.36. The van der Waals surface area contributed by atoms with E-state index in [4.69, 9.17) is 0 Å². The molecule has 0 aliphatic heterocycles. The van der Waals surface area contributed by atoms with Gasteiger partial charge in [-0.1, -0.05) is 78.9 Å². The molecule has 0 saturated heterocycles. The molecule has 0 fully saturated rings. The molecule has 3 aromatic carbocycles. The van der Waals surface area contributed by atoms with Crippen molar-refractivity contribution in [1.82, 2.24) is 0 Å². The standard InChI is InChI=1S/C19H18O3P2/c20-24(21,22)15-16-8-7-13-19(14-16)23(17-9-3-1-4-10-17)18-11-5-2-6-12-18/h1-14H,15H2,(H2,20,21,22)/p-2. The van der Waals surface area contributed by atoms with Crippen LogP contribution in [-0.2, 0) is 6.16 Å². The normalized spacial score (nSPS) is 11.7. The lowest BCUT2D eigenvalue weighted by molar-refractivity contribution is -0.428. The molecule has 3 aromatic rings. The smallest absolute Gasteiger partial charge is 0.0673 e. The van der Waals surface area contributed by atoms with Crippen LogP contribution in [0, 0.1) is 0 Å². The van der Waals surface area contributed by atoms with Gasteiger partial charge in [0.1, 0.15) is 0 Å². The van der Waals surface area contributed by atoms with Crippen LogP contribution in [0.15, 0.2) is 84.9 Å². The highest BCUT2D eigenvalue weighted by Gasteiger charge is 2.16. The molecule has 0 radical (unpaired) electrons. The Kier molecular flexibility index (Phi) is 5.40. The number of rotatable bonds is 5. The van der Waals surface area contributed by atoms with Crippen molar-refractivity contribution in [2.75, 3.05) is 0 Å². The van der Waals surface area contributed by atoms with E-state index >= 15 is 0 Å². The van der Waals surface area contributed by atoms with Crippen molar-refractivity contribution in [3.63, 3.8) is 0 Å². The fourth-order valence-electron chi connectivity index (χ4n) is 2.62. The number of benzene rings is 3. The third kappa shape index (κ3) is 4.48. The molecule has 122 valence electrons. The first-order chi connectivity index (χ1) is 11.5. The van der Waals surface area contributed by atoms with E-state index in [-0.39, 0.29) is 0 Å². The third-order valence-electron chi connectivity index (χ3n) is 3.57. The van der Waals surface area contributed by atoms with E-state index in [1.807, 2.05) is 54.6 Å². The summed E-state index contributed by atoms with van der Waals surface area (Å²) in [5.41, 5.74) is 0.542. The van der Waals surface area contributed by atoms with Gasteiger partial charge >= 0.3 is 0 Å². The van der Waals surface area contributed by atoms with Crippen molar-refractivity contribution in [2.45, 2.75) is 6.16 Å². The largest absolute Gasteiger partial charge is 0.687 e. The van der Waals surface area contributed by atoms with Crippen LogP contribution in [0.25, 0.3) is 0 Å². The molecule has 0 aliphatic carbocycles. The minimum absolute atomic E-state index is 0.451. The lowest BCUT2D eigenvalue weighted by atomic mass is 10.2. The van der Waals surface area contributed by atoms with Crippen LogP contribution in [0.1, 0.15) is 5.56 Å². The summed E-state index contributed by atoms with van der Waals surface area (Å²) in [4.78, 5) is 33.3. The molecular weight excluding hydrogens is 338 g/mol. The van der Waals surface area contributed by atoms with Crippen LogP contribution in [0.3, 0.4) is 0 Å². The van der Waals surface area contributed by atoms with Crippen molar-refractivity contribution in [3.05, 3.63) is 90.5 Å². The Bertz CT molecular complexity index is 747. The summed E-state index contributed by atoms with van der Waals surface area (Å²) < 4.78 is 0. The third-order valence-corrected chi connectivity index (χ3v) is 6.75. The maximum Gasteiger partial charge on any atom is 0.0673 e. The van der Waals surface area contributed by atoms with Gasteiger partial charge in [0.15, 0.2) is 0 Å². The molecule has 0 bridgehead atoms. The van der Waals surface area contributed by atoms with Crippen molar-refractivity contribution in [1.29, 1.82) is 0 Å². The fourth-order valence-corrected chi connectivity index (χ4v) is 5.63. The zero-order valence-electron chi connectivity index (χ0n) is 12.9. The summed E-state index contributed by atoms with van der Waals surface area (Å²) in [5, 5.41) is 3.40. The molecule has 0 amide bonds. The Morgan fingerprint density at radius 3 is 1.62 bits per heavy atom. The average molecular weight is 354 g/mol. The molecule has 24 heavy (non-hydrogen) atoms. The summed E-state index contributed by atoms with van der Waals surface area (Å²) in [6.45, 7) is 0. The lowest BCUT2D eigenvalue weighted by Crippen LogP contribution is -2.34. The maximum absolute atomic E-state index is 11.1. The molecule has 0 aromatic heterocycles. The Morgan fingerprint density at radius 2 is 1.12 bits per heavy atom. The average Bonchev–Trinajstić information content (AvgIpc) is 2.56. The summed E-state index contributed by atoms with van der Waals surface area (Å²) in [7, 11) is -5.37. The molecule has 0 aliphatic rings. The monoisotopic (exact) mass is 354 g/mol. The van der Waals surface area contributed by atoms with Gasteiger partial charge < -0.3 is 14.7 Å². The molecule has 0 unspecified atom stereocenters. The fraction of sp³-hybridized carbons (Fsp3) is 0.0526. The molecule has 3 nitrogen and oxygen atoms in total. The van der Waals surface area contributed by atoms with Gasteiger partial charge in [0.25, 0.3) is 0 Å². The second-order valence-corrected chi connectivity index (χ2v) is 9.20. The van der Waals surface area contributed by atoms with Gasteiger partial charge in [0.05, 0.1) is 6.16 Å². The summed E-state index contributed by atoms with van der Waals surface area (Å²) >= 11 is 0. The number of hydrogen-bond donors (Lipinski definition) is 0. The van der Waals surface area contributed by atoms with Crippen molar-refractivity contribution in [2.24, 2.45) is 0 Å². The Labute approximate surface area is 143 Å². The van der Waals surface area contributed by atoms with Gasteiger partial charge in [0, 0.05) is 0 Å². The summed E-state index contributed by atoms with van der Waals surface area (Å²) in [6.07, 6.45) is -0.451. The maximum atomic E-state index is 11.1. The van der Waals surface area contributed by atoms with Gasteiger partial charge in [-0.2, -0.15) is 7.94 Å². The number of hydrogen-bond acceptors (Lipinski definition) is 3. The minimum Gasteiger partial charge on any atom is -0.687 e. The van der Waals surface area contributed by atoms with E-state index in [1.54, 1.807) is 6.07 Å². The topological polar surface area (TPSA) is 69.2 Å².